The molecule has 0 bridgehead atoms. The third kappa shape index (κ3) is 3.90. The molecule has 28 heavy (non-hydrogen) atoms. The fourth-order valence-corrected chi connectivity index (χ4v) is 3.01. The summed E-state index contributed by atoms with van der Waals surface area (Å²) in [6, 6.07) is 11.4. The number of non-ortho nitro benzene ring substituents is 1. The number of benzene rings is 1. The van der Waals surface area contributed by atoms with Crippen molar-refractivity contribution >= 4 is 17.2 Å². The molecule has 0 spiro atoms. The van der Waals surface area contributed by atoms with Gasteiger partial charge in [-0.3, -0.25) is 20.0 Å². The maximum Gasteiger partial charge on any atom is 0.280 e. The average Bonchev–Trinajstić information content (AvgIpc) is 2.98. The first-order chi connectivity index (χ1) is 13.4. The van der Waals surface area contributed by atoms with Gasteiger partial charge in [-0.1, -0.05) is 19.4 Å². The van der Waals surface area contributed by atoms with Gasteiger partial charge < -0.3 is 0 Å². The molecule has 8 nitrogen and oxygen atoms in total. The van der Waals surface area contributed by atoms with Gasteiger partial charge in [0.2, 0.25) is 0 Å². The number of H-pyrrole nitrogens is 1. The first-order valence-corrected chi connectivity index (χ1v) is 8.98. The lowest BCUT2D eigenvalue weighted by Gasteiger charge is -2.01. The molecule has 0 aliphatic rings. The van der Waals surface area contributed by atoms with E-state index in [9.17, 15) is 14.9 Å². The summed E-state index contributed by atoms with van der Waals surface area (Å²) in [4.78, 5) is 32.3. The Morgan fingerprint density at radius 2 is 1.96 bits per heavy atom. The molecule has 8 heteroatoms. The highest BCUT2D eigenvalue weighted by atomic mass is 16.6. The van der Waals surface area contributed by atoms with Crippen molar-refractivity contribution in [3.05, 3.63) is 79.9 Å². The molecule has 1 N–H and O–H groups in total. The normalized spacial score (nSPS) is 11.6. The van der Waals surface area contributed by atoms with Gasteiger partial charge in [0.1, 0.15) is 0 Å². The molecule has 3 rings (SSSR count). The molecule has 3 aromatic rings. The molecule has 144 valence electrons. The number of nitrogens with one attached hydrogen (secondary N) is 1. The van der Waals surface area contributed by atoms with Crippen LogP contribution in [-0.2, 0) is 6.42 Å². The molecular weight excluding hydrogens is 358 g/mol. The van der Waals surface area contributed by atoms with E-state index in [1.807, 2.05) is 26.0 Å². The summed E-state index contributed by atoms with van der Waals surface area (Å²) >= 11 is 0. The van der Waals surface area contributed by atoms with Gasteiger partial charge in [0.15, 0.2) is 5.82 Å². The lowest BCUT2D eigenvalue weighted by Crippen LogP contribution is -2.19. The second-order valence-electron chi connectivity index (χ2n) is 6.46. The smallest absolute Gasteiger partial charge is 0.280 e. The minimum atomic E-state index is -0.471. The zero-order valence-corrected chi connectivity index (χ0v) is 16.0. The van der Waals surface area contributed by atoms with Crippen molar-refractivity contribution in [3.8, 4) is 5.69 Å². The van der Waals surface area contributed by atoms with Gasteiger partial charge in [0.25, 0.3) is 11.2 Å². The molecule has 2 aromatic heterocycles. The Hall–Kier alpha value is -3.55. The minimum Gasteiger partial charge on any atom is -0.294 e. The number of rotatable bonds is 6. The lowest BCUT2D eigenvalue weighted by atomic mass is 10.1. The Bertz CT molecular complexity index is 1090. The van der Waals surface area contributed by atoms with Crippen LogP contribution in [0.2, 0.25) is 0 Å². The van der Waals surface area contributed by atoms with Crippen LogP contribution in [0, 0.1) is 17.0 Å². The lowest BCUT2D eigenvalue weighted by molar-refractivity contribution is -0.384. The molecule has 0 saturated carbocycles. The van der Waals surface area contributed by atoms with Crippen molar-refractivity contribution in [3.63, 3.8) is 0 Å². The van der Waals surface area contributed by atoms with Gasteiger partial charge in [-0.15, -0.1) is 0 Å². The van der Waals surface area contributed by atoms with E-state index in [-0.39, 0.29) is 11.2 Å². The number of aromatic amines is 1. The molecular formula is C20H21N5O3. The SMILES string of the molecule is CCCc1[nH]n(-c2ccc([N+](=O)[O-])cc2)c(=O)c1C(C)=Nc1cccc(C)n1. The first kappa shape index (κ1) is 19.2. The van der Waals surface area contributed by atoms with Crippen LogP contribution in [-0.4, -0.2) is 25.4 Å². The van der Waals surface area contributed by atoms with Crippen molar-refractivity contribution in [1.82, 2.24) is 14.8 Å². The standard InChI is InChI=1S/C20H21N5O3/c1-4-6-17-19(14(3)22-18-8-5-7-13(2)21-18)20(26)24(23-17)15-9-11-16(12-10-15)25(27)28/h5,7-12,23H,4,6H2,1-3H3. The van der Waals surface area contributed by atoms with Crippen LogP contribution in [0.5, 0.6) is 0 Å². The monoisotopic (exact) mass is 379 g/mol. The molecule has 0 aliphatic heterocycles. The van der Waals surface area contributed by atoms with Crippen molar-refractivity contribution in [2.24, 2.45) is 4.99 Å². The number of hydrogen-bond donors (Lipinski definition) is 1. The molecule has 2 heterocycles. The number of nitro groups is 1. The average molecular weight is 379 g/mol. The highest BCUT2D eigenvalue weighted by Gasteiger charge is 2.18. The molecule has 0 aliphatic carbocycles. The van der Waals surface area contributed by atoms with Gasteiger partial charge in [-0.2, -0.15) is 0 Å². The summed E-state index contributed by atoms with van der Waals surface area (Å²) < 4.78 is 1.40. The number of pyridine rings is 1. The van der Waals surface area contributed by atoms with Gasteiger partial charge in [0, 0.05) is 23.5 Å². The molecule has 0 atom stereocenters. The van der Waals surface area contributed by atoms with E-state index in [0.717, 1.165) is 17.8 Å². The minimum absolute atomic E-state index is 0.0272. The van der Waals surface area contributed by atoms with E-state index in [2.05, 4.69) is 15.1 Å². The summed E-state index contributed by atoms with van der Waals surface area (Å²) in [6.07, 6.45) is 1.53. The zero-order valence-electron chi connectivity index (χ0n) is 16.0. The Labute approximate surface area is 161 Å². The van der Waals surface area contributed by atoms with Crippen LogP contribution in [0.4, 0.5) is 11.5 Å². The third-order valence-electron chi connectivity index (χ3n) is 4.30. The fourth-order valence-electron chi connectivity index (χ4n) is 3.01. The van der Waals surface area contributed by atoms with Crippen LogP contribution in [0.25, 0.3) is 5.69 Å². The number of nitro benzene ring substituents is 1. The van der Waals surface area contributed by atoms with Crippen LogP contribution < -0.4 is 5.56 Å². The molecule has 0 fully saturated rings. The summed E-state index contributed by atoms with van der Waals surface area (Å²) in [5, 5.41) is 14.0. The molecule has 0 amide bonds. The van der Waals surface area contributed by atoms with Crippen LogP contribution in [0.3, 0.4) is 0 Å². The number of nitrogens with zero attached hydrogens (tertiary/aromatic N) is 4. The number of aryl methyl sites for hydroxylation is 2. The van der Waals surface area contributed by atoms with Gasteiger partial charge in [0.05, 0.1) is 21.9 Å². The van der Waals surface area contributed by atoms with Gasteiger partial charge in [-0.05, 0) is 44.5 Å². The molecule has 0 saturated heterocycles. The Kier molecular flexibility index (Phi) is 5.49. The summed E-state index contributed by atoms with van der Waals surface area (Å²) in [7, 11) is 0. The highest BCUT2D eigenvalue weighted by Crippen LogP contribution is 2.17. The van der Waals surface area contributed by atoms with Crippen LogP contribution in [0.1, 0.15) is 37.2 Å². The quantitative estimate of drug-likeness (QED) is 0.398. The van der Waals surface area contributed by atoms with E-state index >= 15 is 0 Å². The summed E-state index contributed by atoms with van der Waals surface area (Å²) in [5.41, 5.74) is 2.96. The van der Waals surface area contributed by atoms with Crippen molar-refractivity contribution in [2.45, 2.75) is 33.6 Å². The van der Waals surface area contributed by atoms with E-state index < -0.39 is 4.92 Å². The van der Waals surface area contributed by atoms with Crippen molar-refractivity contribution < 1.29 is 4.92 Å². The number of aromatic nitrogens is 3. The van der Waals surface area contributed by atoms with Gasteiger partial charge >= 0.3 is 0 Å². The van der Waals surface area contributed by atoms with E-state index in [1.165, 1.54) is 16.8 Å². The second kappa shape index (κ2) is 7.99. The Morgan fingerprint density at radius 1 is 1.25 bits per heavy atom. The maximum absolute atomic E-state index is 13.1. The topological polar surface area (TPSA) is 106 Å². The molecule has 0 unspecified atom stereocenters. The highest BCUT2D eigenvalue weighted by molar-refractivity contribution is 6.00. The van der Waals surface area contributed by atoms with Gasteiger partial charge in [-0.25, -0.2) is 14.7 Å². The molecule has 1 aromatic carbocycles. The summed E-state index contributed by atoms with van der Waals surface area (Å²) in [6.45, 7) is 5.70. The maximum atomic E-state index is 13.1. The largest absolute Gasteiger partial charge is 0.294 e. The van der Waals surface area contributed by atoms with E-state index in [0.29, 0.717) is 29.2 Å². The predicted octanol–water partition coefficient (Wildman–Crippen LogP) is 3.87. The van der Waals surface area contributed by atoms with E-state index in [1.54, 1.807) is 25.1 Å². The van der Waals surface area contributed by atoms with Crippen LogP contribution in [0.15, 0.2) is 52.3 Å². The first-order valence-electron chi connectivity index (χ1n) is 8.98. The third-order valence-corrected chi connectivity index (χ3v) is 4.30. The summed E-state index contributed by atoms with van der Waals surface area (Å²) in [5.74, 6) is 0.544. The van der Waals surface area contributed by atoms with Crippen molar-refractivity contribution in [2.75, 3.05) is 0 Å². The molecule has 0 radical (unpaired) electrons. The fraction of sp³-hybridized carbons (Fsp3) is 0.250. The van der Waals surface area contributed by atoms with Crippen molar-refractivity contribution in [1.29, 1.82) is 0 Å². The Balaban J connectivity index is 2.08. The Morgan fingerprint density at radius 3 is 2.57 bits per heavy atom. The van der Waals surface area contributed by atoms with E-state index in [4.69, 9.17) is 0 Å². The number of hydrogen-bond acceptors (Lipinski definition) is 5. The number of aliphatic imine (C=N–C) groups is 1. The second-order valence-corrected chi connectivity index (χ2v) is 6.46. The predicted molar refractivity (Wildman–Crippen MR) is 108 cm³/mol. The van der Waals surface area contributed by atoms with Crippen LogP contribution >= 0.6 is 0 Å². The zero-order chi connectivity index (χ0) is 20.3.